The lowest BCUT2D eigenvalue weighted by molar-refractivity contribution is 0.690. The van der Waals surface area contributed by atoms with Crippen molar-refractivity contribution in [2.24, 2.45) is 12.8 Å². The van der Waals surface area contributed by atoms with E-state index >= 15 is 0 Å². The van der Waals surface area contributed by atoms with Gasteiger partial charge in [0, 0.05) is 26.0 Å². The Morgan fingerprint density at radius 1 is 1.16 bits per heavy atom. The van der Waals surface area contributed by atoms with E-state index in [-0.39, 0.29) is 5.92 Å². The molecule has 2 rings (SSSR count). The van der Waals surface area contributed by atoms with Crippen molar-refractivity contribution >= 4 is 0 Å². The summed E-state index contributed by atoms with van der Waals surface area (Å²) >= 11 is 0. The van der Waals surface area contributed by atoms with Crippen molar-refractivity contribution in [1.29, 1.82) is 0 Å². The van der Waals surface area contributed by atoms with Crippen molar-refractivity contribution in [2.75, 3.05) is 6.54 Å². The second-order valence-electron chi connectivity index (χ2n) is 5.36. The third-order valence-corrected chi connectivity index (χ3v) is 4.18. The molecule has 102 valence electrons. The van der Waals surface area contributed by atoms with Crippen LogP contribution in [0.15, 0.2) is 18.5 Å². The van der Waals surface area contributed by atoms with Gasteiger partial charge in [-0.05, 0) is 55.5 Å². The minimum Gasteiger partial charge on any atom is -0.337 e. The van der Waals surface area contributed by atoms with Gasteiger partial charge in [-0.2, -0.15) is 0 Å². The van der Waals surface area contributed by atoms with E-state index < -0.39 is 0 Å². The highest BCUT2D eigenvalue weighted by Crippen LogP contribution is 2.31. The number of aryl methyl sites for hydroxylation is 3. The Labute approximate surface area is 115 Å². The van der Waals surface area contributed by atoms with E-state index in [0.717, 1.165) is 5.82 Å². The minimum atomic E-state index is 0.165. The molecule has 1 aromatic carbocycles. The first kappa shape index (κ1) is 13.8. The van der Waals surface area contributed by atoms with Crippen LogP contribution in [0.5, 0.6) is 0 Å². The Morgan fingerprint density at radius 3 is 2.16 bits per heavy atom. The van der Waals surface area contributed by atoms with E-state index in [4.69, 9.17) is 5.73 Å². The zero-order chi connectivity index (χ0) is 14.2. The fourth-order valence-corrected chi connectivity index (χ4v) is 2.84. The third-order valence-electron chi connectivity index (χ3n) is 4.18. The molecule has 0 amide bonds. The van der Waals surface area contributed by atoms with Gasteiger partial charge in [0.1, 0.15) is 5.82 Å². The maximum Gasteiger partial charge on any atom is 0.117 e. The third kappa shape index (κ3) is 2.30. The number of benzene rings is 1. The lowest BCUT2D eigenvalue weighted by Crippen LogP contribution is -2.20. The Hall–Kier alpha value is -1.61. The molecule has 0 spiro atoms. The summed E-state index contributed by atoms with van der Waals surface area (Å²) in [6.45, 7) is 9.27. The summed E-state index contributed by atoms with van der Waals surface area (Å²) in [4.78, 5) is 4.49. The molecule has 0 saturated carbocycles. The Kier molecular flexibility index (Phi) is 3.76. The monoisotopic (exact) mass is 257 g/mol. The van der Waals surface area contributed by atoms with Crippen molar-refractivity contribution in [3.8, 4) is 0 Å². The number of aromatic nitrogens is 2. The molecule has 3 nitrogen and oxygen atoms in total. The van der Waals surface area contributed by atoms with Crippen molar-refractivity contribution < 1.29 is 0 Å². The van der Waals surface area contributed by atoms with E-state index in [9.17, 15) is 0 Å². The second kappa shape index (κ2) is 5.17. The van der Waals surface area contributed by atoms with E-state index in [0.29, 0.717) is 6.54 Å². The molecule has 2 N–H and O–H groups in total. The average Bonchev–Trinajstić information content (AvgIpc) is 2.78. The number of nitrogens with zero attached hydrogens (tertiary/aromatic N) is 2. The molecule has 3 heteroatoms. The van der Waals surface area contributed by atoms with Gasteiger partial charge in [0.2, 0.25) is 0 Å². The quantitative estimate of drug-likeness (QED) is 0.919. The summed E-state index contributed by atoms with van der Waals surface area (Å²) in [5, 5.41) is 0. The Bertz CT molecular complexity index is 570. The minimum absolute atomic E-state index is 0.165. The lowest BCUT2D eigenvalue weighted by atomic mass is 9.85. The molecule has 0 saturated heterocycles. The maximum absolute atomic E-state index is 6.05. The van der Waals surface area contributed by atoms with Gasteiger partial charge in [-0.1, -0.05) is 6.07 Å². The number of imidazole rings is 1. The van der Waals surface area contributed by atoms with Crippen LogP contribution in [0.2, 0.25) is 0 Å². The van der Waals surface area contributed by atoms with Crippen LogP contribution < -0.4 is 5.73 Å². The number of rotatable bonds is 3. The van der Waals surface area contributed by atoms with Crippen LogP contribution in [0.25, 0.3) is 0 Å². The molecule has 1 heterocycles. The first-order valence-corrected chi connectivity index (χ1v) is 6.72. The van der Waals surface area contributed by atoms with Crippen LogP contribution in [-0.2, 0) is 7.05 Å². The van der Waals surface area contributed by atoms with Crippen LogP contribution in [0, 0.1) is 27.7 Å². The average molecular weight is 257 g/mol. The lowest BCUT2D eigenvalue weighted by Gasteiger charge is -2.23. The molecular formula is C16H23N3. The fourth-order valence-electron chi connectivity index (χ4n) is 2.84. The van der Waals surface area contributed by atoms with Crippen molar-refractivity contribution in [2.45, 2.75) is 33.6 Å². The van der Waals surface area contributed by atoms with Gasteiger partial charge in [0.25, 0.3) is 0 Å². The normalized spacial score (nSPS) is 12.7. The molecule has 0 aliphatic rings. The SMILES string of the molecule is Cc1cc(C)c(C)c(C(CN)c2nccn2C)c1C. The molecule has 0 radical (unpaired) electrons. The van der Waals surface area contributed by atoms with Crippen LogP contribution >= 0.6 is 0 Å². The van der Waals surface area contributed by atoms with Gasteiger partial charge >= 0.3 is 0 Å². The highest BCUT2D eigenvalue weighted by molar-refractivity contribution is 5.48. The molecule has 1 atom stereocenters. The van der Waals surface area contributed by atoms with Gasteiger partial charge < -0.3 is 10.3 Å². The van der Waals surface area contributed by atoms with Crippen molar-refractivity contribution in [3.05, 3.63) is 52.1 Å². The van der Waals surface area contributed by atoms with Gasteiger partial charge in [0.15, 0.2) is 0 Å². The summed E-state index contributed by atoms with van der Waals surface area (Å²) in [5.74, 6) is 1.21. The van der Waals surface area contributed by atoms with E-state index in [1.54, 1.807) is 0 Å². The number of hydrogen-bond acceptors (Lipinski definition) is 2. The van der Waals surface area contributed by atoms with Crippen LogP contribution in [0.4, 0.5) is 0 Å². The van der Waals surface area contributed by atoms with Gasteiger partial charge in [-0.15, -0.1) is 0 Å². The maximum atomic E-state index is 6.05. The predicted octanol–water partition coefficient (Wildman–Crippen LogP) is 2.74. The van der Waals surface area contributed by atoms with Crippen LogP contribution in [0.1, 0.15) is 39.6 Å². The van der Waals surface area contributed by atoms with Gasteiger partial charge in [-0.3, -0.25) is 0 Å². The van der Waals surface area contributed by atoms with Crippen LogP contribution in [-0.4, -0.2) is 16.1 Å². The Balaban J connectivity index is 2.66. The molecule has 0 aliphatic carbocycles. The summed E-state index contributed by atoms with van der Waals surface area (Å²) in [7, 11) is 2.03. The fraction of sp³-hybridized carbons (Fsp3) is 0.438. The molecule has 2 aromatic rings. The van der Waals surface area contributed by atoms with Gasteiger partial charge in [0.05, 0.1) is 5.92 Å². The number of hydrogen-bond donors (Lipinski definition) is 1. The van der Waals surface area contributed by atoms with Crippen LogP contribution in [0.3, 0.4) is 0 Å². The van der Waals surface area contributed by atoms with E-state index in [2.05, 4.69) is 43.3 Å². The van der Waals surface area contributed by atoms with Gasteiger partial charge in [-0.25, -0.2) is 4.98 Å². The molecule has 0 aliphatic heterocycles. The Morgan fingerprint density at radius 2 is 1.74 bits per heavy atom. The summed E-state index contributed by atoms with van der Waals surface area (Å²) in [5.41, 5.74) is 12.7. The molecule has 1 aromatic heterocycles. The first-order chi connectivity index (χ1) is 8.97. The molecule has 1 unspecified atom stereocenters. The molecular weight excluding hydrogens is 234 g/mol. The smallest absolute Gasteiger partial charge is 0.117 e. The largest absolute Gasteiger partial charge is 0.337 e. The topological polar surface area (TPSA) is 43.8 Å². The molecule has 0 bridgehead atoms. The highest BCUT2D eigenvalue weighted by atomic mass is 15.0. The highest BCUT2D eigenvalue weighted by Gasteiger charge is 2.22. The molecule has 19 heavy (non-hydrogen) atoms. The number of nitrogens with two attached hydrogens (primary N) is 1. The summed E-state index contributed by atoms with van der Waals surface area (Å²) in [6, 6.07) is 2.25. The first-order valence-electron chi connectivity index (χ1n) is 6.72. The zero-order valence-electron chi connectivity index (χ0n) is 12.5. The zero-order valence-corrected chi connectivity index (χ0v) is 12.5. The standard InChI is InChI=1S/C16H23N3/c1-10-8-11(2)13(4)15(12(10)3)14(9-17)16-18-6-7-19(16)5/h6-8,14H,9,17H2,1-5H3. The predicted molar refractivity (Wildman–Crippen MR) is 79.5 cm³/mol. The van der Waals surface area contributed by atoms with E-state index in [1.165, 1.54) is 27.8 Å². The van der Waals surface area contributed by atoms with E-state index in [1.807, 2.05) is 19.4 Å². The second-order valence-corrected chi connectivity index (χ2v) is 5.36. The van der Waals surface area contributed by atoms with Crippen molar-refractivity contribution in [1.82, 2.24) is 9.55 Å². The molecule has 0 fully saturated rings. The summed E-state index contributed by atoms with van der Waals surface area (Å²) < 4.78 is 2.06. The summed E-state index contributed by atoms with van der Waals surface area (Å²) in [6.07, 6.45) is 3.82. The van der Waals surface area contributed by atoms with Crippen molar-refractivity contribution in [3.63, 3.8) is 0 Å².